The van der Waals surface area contributed by atoms with Gasteiger partial charge in [-0.3, -0.25) is 4.90 Å². The summed E-state index contributed by atoms with van der Waals surface area (Å²) >= 11 is 0. The molecule has 2 amide bonds. The summed E-state index contributed by atoms with van der Waals surface area (Å²) < 4.78 is 42.9. The van der Waals surface area contributed by atoms with E-state index >= 15 is 0 Å². The van der Waals surface area contributed by atoms with E-state index in [4.69, 9.17) is 4.74 Å². The van der Waals surface area contributed by atoms with Crippen LogP contribution in [0.5, 0.6) is 0 Å². The van der Waals surface area contributed by atoms with Crippen molar-refractivity contribution < 1.29 is 27.8 Å². The lowest BCUT2D eigenvalue weighted by atomic mass is 10.2. The Morgan fingerprint density at radius 2 is 2.14 bits per heavy atom. The first kappa shape index (κ1) is 15.5. The Bertz CT molecular complexity index is 538. The molecule has 9 heteroatoms. The number of urea groups is 1. The minimum atomic E-state index is -4.55. The van der Waals surface area contributed by atoms with Crippen molar-refractivity contribution in [3.8, 4) is 0 Å². The third-order valence-corrected chi connectivity index (χ3v) is 3.23. The number of methoxy groups -OCH3 is 1. The number of halogens is 3. The first-order chi connectivity index (χ1) is 9.77. The summed E-state index contributed by atoms with van der Waals surface area (Å²) in [6.45, 7) is 1.49. The largest absolute Gasteiger partial charge is 0.416 e. The third-order valence-electron chi connectivity index (χ3n) is 3.23. The van der Waals surface area contributed by atoms with E-state index in [2.05, 4.69) is 4.98 Å². The molecule has 1 aliphatic rings. The molecule has 2 unspecified atom stereocenters. The molecule has 1 saturated heterocycles. The van der Waals surface area contributed by atoms with Gasteiger partial charge in [-0.1, -0.05) is 0 Å². The van der Waals surface area contributed by atoms with Gasteiger partial charge in [-0.25, -0.2) is 14.7 Å². The molecule has 1 N–H and O–H groups in total. The maximum Gasteiger partial charge on any atom is 0.416 e. The molecular formula is C12H14F3N3O3. The molecule has 2 heterocycles. The van der Waals surface area contributed by atoms with Crippen LogP contribution >= 0.6 is 0 Å². The number of hydrogen-bond donors (Lipinski definition) is 1. The summed E-state index contributed by atoms with van der Waals surface area (Å²) in [5.74, 6) is -0.257. The molecule has 0 saturated carbocycles. The lowest BCUT2D eigenvalue weighted by Gasteiger charge is -2.19. The number of pyridine rings is 1. The monoisotopic (exact) mass is 305 g/mol. The number of ether oxygens (including phenoxy) is 1. The number of anilines is 1. The molecule has 2 rings (SSSR count). The second-order valence-electron chi connectivity index (χ2n) is 4.59. The molecule has 0 aromatic carbocycles. The number of carbonyl (C=O) groups excluding carboxylic acids is 1. The first-order valence-electron chi connectivity index (χ1n) is 6.07. The van der Waals surface area contributed by atoms with Gasteiger partial charge in [-0.2, -0.15) is 13.2 Å². The third kappa shape index (κ3) is 2.79. The number of aliphatic hydroxyl groups excluding tert-OH is 1. The lowest BCUT2D eigenvalue weighted by molar-refractivity contribution is -0.137. The summed E-state index contributed by atoms with van der Waals surface area (Å²) in [5, 5.41) is 10.1. The van der Waals surface area contributed by atoms with E-state index < -0.39 is 30.0 Å². The molecule has 0 aliphatic carbocycles. The Morgan fingerprint density at radius 3 is 2.71 bits per heavy atom. The lowest BCUT2D eigenvalue weighted by Crippen LogP contribution is -2.36. The van der Waals surface area contributed by atoms with E-state index in [-0.39, 0.29) is 12.5 Å². The van der Waals surface area contributed by atoms with Crippen molar-refractivity contribution >= 4 is 11.8 Å². The zero-order chi connectivity index (χ0) is 15.8. The minimum absolute atomic E-state index is 0.0769. The predicted molar refractivity (Wildman–Crippen MR) is 66.3 cm³/mol. The maximum atomic E-state index is 12.7. The van der Waals surface area contributed by atoms with Crippen molar-refractivity contribution in [1.82, 2.24) is 9.88 Å². The van der Waals surface area contributed by atoms with Gasteiger partial charge in [0, 0.05) is 13.3 Å². The van der Waals surface area contributed by atoms with Gasteiger partial charge in [0.1, 0.15) is 12.5 Å². The topological polar surface area (TPSA) is 65.9 Å². The van der Waals surface area contributed by atoms with Gasteiger partial charge >= 0.3 is 12.2 Å². The van der Waals surface area contributed by atoms with Crippen LogP contribution in [0.2, 0.25) is 0 Å². The van der Waals surface area contributed by atoms with Crippen LogP contribution in [0.3, 0.4) is 0 Å². The molecule has 1 aromatic heterocycles. The highest BCUT2D eigenvalue weighted by atomic mass is 19.4. The number of nitrogens with zero attached hydrogens (tertiary/aromatic N) is 3. The smallest absolute Gasteiger partial charge is 0.371 e. The van der Waals surface area contributed by atoms with E-state index in [1.54, 1.807) is 6.92 Å². The molecule has 0 spiro atoms. The number of hydrogen-bond acceptors (Lipinski definition) is 4. The van der Waals surface area contributed by atoms with Gasteiger partial charge in [-0.05, 0) is 19.1 Å². The summed E-state index contributed by atoms with van der Waals surface area (Å²) in [4.78, 5) is 17.9. The fraction of sp³-hybridized carbons (Fsp3) is 0.500. The summed E-state index contributed by atoms with van der Waals surface area (Å²) in [6.07, 6.45) is -4.91. The van der Waals surface area contributed by atoms with Crippen LogP contribution < -0.4 is 4.90 Å². The van der Waals surface area contributed by atoms with E-state index in [0.717, 1.165) is 23.2 Å². The van der Waals surface area contributed by atoms with Crippen molar-refractivity contribution in [2.45, 2.75) is 25.4 Å². The van der Waals surface area contributed by atoms with Crippen molar-refractivity contribution in [3.05, 3.63) is 23.9 Å². The Hall–Kier alpha value is -1.87. The van der Waals surface area contributed by atoms with Crippen molar-refractivity contribution in [3.63, 3.8) is 0 Å². The highest BCUT2D eigenvalue weighted by Gasteiger charge is 2.44. The van der Waals surface area contributed by atoms with Crippen LogP contribution in [-0.4, -0.2) is 47.1 Å². The quantitative estimate of drug-likeness (QED) is 0.922. The Labute approximate surface area is 118 Å². The van der Waals surface area contributed by atoms with Crippen LogP contribution in [0.15, 0.2) is 18.3 Å². The van der Waals surface area contributed by atoms with E-state index in [9.17, 15) is 23.1 Å². The molecule has 0 radical (unpaired) electrons. The number of alkyl halides is 3. The van der Waals surface area contributed by atoms with Crippen LogP contribution in [0, 0.1) is 0 Å². The first-order valence-corrected chi connectivity index (χ1v) is 6.07. The second-order valence-corrected chi connectivity index (χ2v) is 4.59. The zero-order valence-electron chi connectivity index (χ0n) is 11.3. The summed E-state index contributed by atoms with van der Waals surface area (Å²) in [5.41, 5.74) is -0.939. The van der Waals surface area contributed by atoms with Gasteiger partial charge in [0.25, 0.3) is 0 Å². The van der Waals surface area contributed by atoms with Crippen molar-refractivity contribution in [1.29, 1.82) is 0 Å². The molecule has 6 nitrogen and oxygen atoms in total. The average molecular weight is 305 g/mol. The molecule has 0 bridgehead atoms. The molecule has 1 fully saturated rings. The standard InChI is InChI=1S/C12H14F3N3O3/c1-7-10(19)18(11(20)17(7)6-21-2)9-5-8(3-4-16-9)12(13,14)15/h3-5,7,10,19H,6H2,1-2H3. The van der Waals surface area contributed by atoms with Gasteiger partial charge in [0.05, 0.1) is 11.6 Å². The van der Waals surface area contributed by atoms with Gasteiger partial charge < -0.3 is 9.84 Å². The van der Waals surface area contributed by atoms with Crippen molar-refractivity contribution in [2.24, 2.45) is 0 Å². The van der Waals surface area contributed by atoms with Crippen LogP contribution in [0.4, 0.5) is 23.8 Å². The predicted octanol–water partition coefficient (Wildman–Crippen LogP) is 1.65. The number of amides is 2. The van der Waals surface area contributed by atoms with E-state index in [1.807, 2.05) is 0 Å². The molecule has 1 aliphatic heterocycles. The molecule has 2 atom stereocenters. The highest BCUT2D eigenvalue weighted by molar-refractivity contribution is 5.94. The van der Waals surface area contributed by atoms with Gasteiger partial charge in [0.2, 0.25) is 0 Å². The minimum Gasteiger partial charge on any atom is -0.371 e. The van der Waals surface area contributed by atoms with Gasteiger partial charge in [-0.15, -0.1) is 0 Å². The van der Waals surface area contributed by atoms with Crippen molar-refractivity contribution in [2.75, 3.05) is 18.7 Å². The maximum absolute atomic E-state index is 12.7. The SMILES string of the molecule is COCN1C(=O)N(c2cc(C(F)(F)F)ccn2)C(O)C1C. The molecule has 1 aromatic rings. The fourth-order valence-corrected chi connectivity index (χ4v) is 2.07. The summed E-state index contributed by atoms with van der Waals surface area (Å²) in [7, 11) is 1.37. The number of carbonyl (C=O) groups is 1. The normalized spacial score (nSPS) is 23.0. The zero-order valence-corrected chi connectivity index (χ0v) is 11.3. The average Bonchev–Trinajstić information content (AvgIpc) is 2.62. The summed E-state index contributed by atoms with van der Waals surface area (Å²) in [6, 6.07) is 0.231. The Morgan fingerprint density at radius 1 is 1.48 bits per heavy atom. The molecule has 116 valence electrons. The van der Waals surface area contributed by atoms with Crippen LogP contribution in [-0.2, 0) is 10.9 Å². The molecular weight excluding hydrogens is 291 g/mol. The number of rotatable bonds is 3. The second kappa shape index (κ2) is 5.49. The Balaban J connectivity index is 2.36. The highest BCUT2D eigenvalue weighted by Crippen LogP contribution is 2.33. The molecule has 21 heavy (non-hydrogen) atoms. The van der Waals surface area contributed by atoms with Crippen LogP contribution in [0.1, 0.15) is 12.5 Å². The van der Waals surface area contributed by atoms with Gasteiger partial charge in [0.15, 0.2) is 6.23 Å². The van der Waals surface area contributed by atoms with Crippen LogP contribution in [0.25, 0.3) is 0 Å². The fourth-order valence-electron chi connectivity index (χ4n) is 2.07. The number of aromatic nitrogens is 1. The number of aliphatic hydroxyl groups is 1. The Kier molecular flexibility index (Phi) is 4.06. The van der Waals surface area contributed by atoms with E-state index in [0.29, 0.717) is 0 Å². The van der Waals surface area contributed by atoms with E-state index in [1.165, 1.54) is 12.0 Å².